The van der Waals surface area contributed by atoms with Crippen LogP contribution in [0.4, 0.5) is 4.39 Å². The normalized spacial score (nSPS) is 43.6. The van der Waals surface area contributed by atoms with Crippen molar-refractivity contribution < 1.29 is 9.13 Å². The van der Waals surface area contributed by atoms with E-state index in [1.807, 2.05) is 0 Å². The predicted octanol–water partition coefficient (Wildman–Crippen LogP) is 7.49. The maximum absolute atomic E-state index is 14.0. The fourth-order valence-electron chi connectivity index (χ4n) is 9.74. The second-order valence-corrected chi connectivity index (χ2v) is 13.1. The fourth-order valence-corrected chi connectivity index (χ4v) is 9.74. The van der Waals surface area contributed by atoms with Gasteiger partial charge >= 0.3 is 0 Å². The number of rotatable bonds is 2. The van der Waals surface area contributed by atoms with Crippen LogP contribution in [-0.2, 0) is 4.74 Å². The van der Waals surface area contributed by atoms with Gasteiger partial charge in [-0.25, -0.2) is 4.39 Å². The molecule has 2 saturated carbocycles. The van der Waals surface area contributed by atoms with Crippen LogP contribution in [0.1, 0.15) is 76.2 Å². The molecule has 0 radical (unpaired) electrons. The second kappa shape index (κ2) is 7.54. The van der Waals surface area contributed by atoms with Crippen molar-refractivity contribution >= 4 is 10.8 Å². The minimum atomic E-state index is -0.638. The summed E-state index contributed by atoms with van der Waals surface area (Å²) in [6.07, 6.45) is 14.5. The van der Waals surface area contributed by atoms with Crippen molar-refractivity contribution in [3.8, 4) is 0 Å². The average molecular weight is 484 g/mol. The predicted molar refractivity (Wildman–Crippen MR) is 143 cm³/mol. The van der Waals surface area contributed by atoms with E-state index in [9.17, 15) is 4.39 Å². The highest BCUT2D eigenvalue weighted by molar-refractivity contribution is 5.83. The molecule has 2 aromatic rings. The van der Waals surface area contributed by atoms with Gasteiger partial charge in [0.15, 0.2) is 0 Å². The molecule has 3 aliphatic carbocycles. The maximum atomic E-state index is 14.0. The van der Waals surface area contributed by atoms with Crippen LogP contribution in [0.25, 0.3) is 10.8 Å². The van der Waals surface area contributed by atoms with E-state index in [4.69, 9.17) is 4.74 Å². The van der Waals surface area contributed by atoms with Crippen LogP contribution in [0.2, 0.25) is 0 Å². The fraction of sp³-hybridized carbons (Fsp3) is 0.576. The standard InChI is InChI=1S/C33H38FNO/c1-31-14-12-26-19-25-8-9-28(35-17-13-27(34)21-35)20-32(25)15-16-33(26,36-32)30(31)11-10-29(31)24-7-6-22-4-2-3-5-23(22)18-24/h2-7,12,18-19,27-30H,8-11,13-17,20-21H2,1H3/t27-,28-,29+,30+,31+,32?,33+/m0/s1. The van der Waals surface area contributed by atoms with E-state index in [1.165, 1.54) is 34.8 Å². The van der Waals surface area contributed by atoms with E-state index in [0.29, 0.717) is 30.8 Å². The van der Waals surface area contributed by atoms with Gasteiger partial charge in [0.2, 0.25) is 0 Å². The Morgan fingerprint density at radius 1 is 1.00 bits per heavy atom. The summed E-state index contributed by atoms with van der Waals surface area (Å²) in [4.78, 5) is 2.44. The molecule has 2 saturated heterocycles. The summed E-state index contributed by atoms with van der Waals surface area (Å²) in [5, 5.41) is 2.69. The van der Waals surface area contributed by atoms with Crippen molar-refractivity contribution in [3.05, 3.63) is 71.3 Å². The lowest BCUT2D eigenvalue weighted by Gasteiger charge is -2.55. The van der Waals surface area contributed by atoms with Gasteiger partial charge in [-0.1, -0.05) is 61.5 Å². The first-order valence-corrected chi connectivity index (χ1v) is 14.5. The molecular formula is C33H38FNO. The van der Waals surface area contributed by atoms with E-state index >= 15 is 0 Å². The van der Waals surface area contributed by atoms with E-state index < -0.39 is 6.17 Å². The first-order chi connectivity index (χ1) is 17.5. The van der Waals surface area contributed by atoms with Gasteiger partial charge in [0.05, 0.1) is 11.2 Å². The molecule has 7 atom stereocenters. The largest absolute Gasteiger partial charge is 0.359 e. The van der Waals surface area contributed by atoms with Crippen LogP contribution in [-0.4, -0.2) is 41.4 Å². The number of alkyl halides is 1. The molecule has 3 heteroatoms. The third kappa shape index (κ3) is 2.91. The van der Waals surface area contributed by atoms with E-state index in [2.05, 4.69) is 66.4 Å². The first-order valence-electron chi connectivity index (χ1n) is 14.5. The van der Waals surface area contributed by atoms with E-state index in [1.54, 1.807) is 5.57 Å². The van der Waals surface area contributed by atoms with Gasteiger partial charge in [-0.05, 0) is 103 Å². The molecule has 36 heavy (non-hydrogen) atoms. The highest BCUT2D eigenvalue weighted by atomic mass is 19.1. The number of nitrogens with zero attached hydrogens (tertiary/aromatic N) is 1. The molecule has 188 valence electrons. The third-order valence-corrected chi connectivity index (χ3v) is 11.5. The van der Waals surface area contributed by atoms with Crippen LogP contribution in [0, 0.1) is 11.3 Å². The maximum Gasteiger partial charge on any atom is 0.114 e. The van der Waals surface area contributed by atoms with Gasteiger partial charge in [0.1, 0.15) is 6.17 Å². The molecule has 3 heterocycles. The lowest BCUT2D eigenvalue weighted by Crippen LogP contribution is -2.55. The number of fused-ring (bicyclic) bond motifs is 2. The summed E-state index contributed by atoms with van der Waals surface area (Å²) in [6.45, 7) is 4.12. The second-order valence-electron chi connectivity index (χ2n) is 13.1. The topological polar surface area (TPSA) is 12.5 Å². The van der Waals surface area contributed by atoms with Crippen LogP contribution < -0.4 is 0 Å². The lowest BCUT2D eigenvalue weighted by molar-refractivity contribution is -0.140. The molecule has 8 rings (SSSR count). The SMILES string of the molecule is C[C@]12CC=C3C=C4CC[C@H](N5CC[C@H](F)C5)CC45CC[C@]3(O5)[C@@H]1CC[C@@H]2c1ccc2ccccc2c1. The van der Waals surface area contributed by atoms with Crippen LogP contribution >= 0.6 is 0 Å². The Bertz CT molecular complexity index is 1300. The number of hydrogen-bond donors (Lipinski definition) is 0. The zero-order valence-corrected chi connectivity index (χ0v) is 21.5. The molecule has 2 nitrogen and oxygen atoms in total. The van der Waals surface area contributed by atoms with Gasteiger partial charge in [0.25, 0.3) is 0 Å². The molecule has 0 N–H and O–H groups in total. The molecule has 2 bridgehead atoms. The minimum absolute atomic E-state index is 0.103. The Balaban J connectivity index is 1.14. The Labute approximate surface area is 214 Å². The highest BCUT2D eigenvalue weighted by Crippen LogP contribution is 2.69. The Morgan fingerprint density at radius 2 is 1.89 bits per heavy atom. The quantitative estimate of drug-likeness (QED) is 0.439. The molecule has 0 aromatic heterocycles. The Morgan fingerprint density at radius 3 is 2.75 bits per heavy atom. The molecule has 2 spiro atoms. The van der Waals surface area contributed by atoms with Crippen molar-refractivity contribution in [1.82, 2.24) is 4.90 Å². The van der Waals surface area contributed by atoms with Crippen molar-refractivity contribution in [3.63, 3.8) is 0 Å². The number of hydrogen-bond acceptors (Lipinski definition) is 2. The Hall–Kier alpha value is -1.97. The van der Waals surface area contributed by atoms with Crippen molar-refractivity contribution in [2.45, 2.75) is 94.0 Å². The number of allylic oxidation sites excluding steroid dienone is 1. The highest BCUT2D eigenvalue weighted by Gasteiger charge is 2.66. The van der Waals surface area contributed by atoms with Gasteiger partial charge in [-0.2, -0.15) is 0 Å². The summed E-state index contributed by atoms with van der Waals surface area (Å²) in [6, 6.07) is 16.4. The summed E-state index contributed by atoms with van der Waals surface area (Å²) in [5.74, 6) is 1.15. The number of likely N-dealkylation sites (tertiary alicyclic amines) is 1. The van der Waals surface area contributed by atoms with Crippen LogP contribution in [0.3, 0.4) is 0 Å². The molecule has 6 aliphatic rings. The number of benzene rings is 2. The van der Waals surface area contributed by atoms with Gasteiger partial charge < -0.3 is 4.74 Å². The van der Waals surface area contributed by atoms with Gasteiger partial charge in [-0.15, -0.1) is 0 Å². The molecule has 0 amide bonds. The van der Waals surface area contributed by atoms with Gasteiger partial charge in [-0.3, -0.25) is 4.90 Å². The van der Waals surface area contributed by atoms with E-state index in [-0.39, 0.29) is 16.6 Å². The van der Waals surface area contributed by atoms with Gasteiger partial charge in [0, 0.05) is 19.1 Å². The monoisotopic (exact) mass is 483 g/mol. The smallest absolute Gasteiger partial charge is 0.114 e. The molecule has 4 fully saturated rings. The molecular weight excluding hydrogens is 445 g/mol. The number of ether oxygens (including phenoxy) is 1. The zero-order valence-electron chi connectivity index (χ0n) is 21.5. The molecule has 1 unspecified atom stereocenters. The summed E-state index contributed by atoms with van der Waals surface area (Å²) in [5.41, 5.74) is 4.57. The summed E-state index contributed by atoms with van der Waals surface area (Å²) < 4.78 is 21.5. The van der Waals surface area contributed by atoms with Crippen LogP contribution in [0.15, 0.2) is 65.8 Å². The summed E-state index contributed by atoms with van der Waals surface area (Å²) >= 11 is 0. The van der Waals surface area contributed by atoms with E-state index in [0.717, 1.165) is 45.1 Å². The minimum Gasteiger partial charge on any atom is -0.359 e. The van der Waals surface area contributed by atoms with Crippen molar-refractivity contribution in [2.24, 2.45) is 11.3 Å². The zero-order chi connectivity index (χ0) is 24.1. The van der Waals surface area contributed by atoms with Crippen molar-refractivity contribution in [2.75, 3.05) is 13.1 Å². The van der Waals surface area contributed by atoms with Crippen molar-refractivity contribution in [1.29, 1.82) is 0 Å². The first kappa shape index (κ1) is 22.1. The number of halogens is 1. The molecule has 2 aromatic carbocycles. The molecule has 3 aliphatic heterocycles. The lowest BCUT2D eigenvalue weighted by atomic mass is 9.58. The average Bonchev–Trinajstić information content (AvgIpc) is 3.57. The Kier molecular flexibility index (Phi) is 4.62. The summed E-state index contributed by atoms with van der Waals surface area (Å²) in [7, 11) is 0. The van der Waals surface area contributed by atoms with Crippen LogP contribution in [0.5, 0.6) is 0 Å². The third-order valence-electron chi connectivity index (χ3n) is 11.5.